The highest BCUT2D eigenvalue weighted by atomic mass is 16.5. The van der Waals surface area contributed by atoms with Crippen LogP contribution in [0.3, 0.4) is 0 Å². The topological polar surface area (TPSA) is 66.8 Å². The molecule has 0 spiro atoms. The van der Waals surface area contributed by atoms with Crippen LogP contribution >= 0.6 is 0 Å². The molecular formula is C19H27NO4. The zero-order valence-corrected chi connectivity index (χ0v) is 14.4. The van der Waals surface area contributed by atoms with Crippen molar-refractivity contribution in [3.8, 4) is 5.75 Å². The number of unbranched alkanes of at least 4 members (excludes halogenated alkanes) is 3. The smallest absolute Gasteiger partial charge is 0.308 e. The lowest BCUT2D eigenvalue weighted by Crippen LogP contribution is -2.28. The summed E-state index contributed by atoms with van der Waals surface area (Å²) < 4.78 is 5.78. The van der Waals surface area contributed by atoms with Gasteiger partial charge in [-0.1, -0.05) is 38.3 Å². The second-order valence-corrected chi connectivity index (χ2v) is 6.39. The number of amides is 1. The van der Waals surface area contributed by atoms with E-state index in [1.54, 1.807) is 4.90 Å². The lowest BCUT2D eigenvalue weighted by molar-refractivity contribution is -0.141. The molecule has 5 heteroatoms. The summed E-state index contributed by atoms with van der Waals surface area (Å²) in [4.78, 5) is 24.5. The van der Waals surface area contributed by atoms with Gasteiger partial charge in [0.15, 0.2) is 0 Å². The minimum atomic E-state index is -0.885. The Balaban J connectivity index is 1.78. The molecule has 0 radical (unpaired) electrons. The number of ether oxygens (including phenoxy) is 1. The van der Waals surface area contributed by atoms with Crippen LogP contribution in [-0.2, 0) is 16.0 Å². The predicted octanol–water partition coefficient (Wildman–Crippen LogP) is 3.12. The molecule has 1 unspecified atom stereocenters. The van der Waals surface area contributed by atoms with E-state index < -0.39 is 11.9 Å². The molecule has 1 aliphatic heterocycles. The Kier molecular flexibility index (Phi) is 7.09. The average Bonchev–Trinajstić information content (AvgIpc) is 2.94. The second-order valence-electron chi connectivity index (χ2n) is 6.39. The highest BCUT2D eigenvalue weighted by molar-refractivity contribution is 5.86. The molecule has 1 amide bonds. The van der Waals surface area contributed by atoms with Crippen molar-refractivity contribution in [2.24, 2.45) is 5.92 Å². The summed E-state index contributed by atoms with van der Waals surface area (Å²) in [5.74, 6) is -0.648. The predicted molar refractivity (Wildman–Crippen MR) is 92.1 cm³/mol. The molecule has 2 rings (SSSR count). The molecule has 1 aromatic rings. The van der Waals surface area contributed by atoms with Crippen LogP contribution in [0.25, 0.3) is 0 Å². The standard InChI is InChI=1S/C19H27NO4/c1-2-3-4-5-11-24-17-8-6-7-15(12-17)9-10-20-14-16(19(22)23)13-18(20)21/h6-8,12,16H,2-5,9-11,13-14H2,1H3,(H,22,23). The van der Waals surface area contributed by atoms with Crippen LogP contribution in [0.15, 0.2) is 24.3 Å². The van der Waals surface area contributed by atoms with Gasteiger partial charge in [-0.2, -0.15) is 0 Å². The molecule has 0 saturated carbocycles. The third-order valence-corrected chi connectivity index (χ3v) is 4.40. The molecule has 5 nitrogen and oxygen atoms in total. The van der Waals surface area contributed by atoms with E-state index in [1.807, 2.05) is 24.3 Å². The summed E-state index contributed by atoms with van der Waals surface area (Å²) >= 11 is 0. The number of nitrogens with zero attached hydrogens (tertiary/aromatic N) is 1. The highest BCUT2D eigenvalue weighted by Gasteiger charge is 2.33. The molecule has 1 aliphatic rings. The van der Waals surface area contributed by atoms with Crippen molar-refractivity contribution in [2.45, 2.75) is 45.4 Å². The third-order valence-electron chi connectivity index (χ3n) is 4.40. The van der Waals surface area contributed by atoms with Gasteiger partial charge in [-0.15, -0.1) is 0 Å². The molecule has 0 aliphatic carbocycles. The van der Waals surface area contributed by atoms with Gasteiger partial charge in [0.05, 0.1) is 12.5 Å². The van der Waals surface area contributed by atoms with Gasteiger partial charge < -0.3 is 14.7 Å². The van der Waals surface area contributed by atoms with E-state index in [2.05, 4.69) is 6.92 Å². The van der Waals surface area contributed by atoms with Gasteiger partial charge in [0.1, 0.15) is 5.75 Å². The molecule has 24 heavy (non-hydrogen) atoms. The molecule has 1 N–H and O–H groups in total. The summed E-state index contributed by atoms with van der Waals surface area (Å²) in [5, 5.41) is 9.01. The molecular weight excluding hydrogens is 306 g/mol. The van der Waals surface area contributed by atoms with Crippen molar-refractivity contribution in [2.75, 3.05) is 19.7 Å². The first-order valence-electron chi connectivity index (χ1n) is 8.82. The van der Waals surface area contributed by atoms with Crippen LogP contribution in [0.4, 0.5) is 0 Å². The summed E-state index contributed by atoms with van der Waals surface area (Å²) in [6.07, 6.45) is 5.55. The van der Waals surface area contributed by atoms with Crippen LogP contribution in [0.5, 0.6) is 5.75 Å². The fourth-order valence-corrected chi connectivity index (χ4v) is 2.93. The zero-order valence-electron chi connectivity index (χ0n) is 14.4. The number of hydrogen-bond acceptors (Lipinski definition) is 3. The lowest BCUT2D eigenvalue weighted by Gasteiger charge is -2.16. The fourth-order valence-electron chi connectivity index (χ4n) is 2.93. The van der Waals surface area contributed by atoms with Crippen LogP contribution in [0.1, 0.15) is 44.6 Å². The van der Waals surface area contributed by atoms with E-state index in [0.29, 0.717) is 19.5 Å². The van der Waals surface area contributed by atoms with Crippen LogP contribution in [-0.4, -0.2) is 41.6 Å². The number of carboxylic acids is 1. The Labute approximate surface area is 143 Å². The van der Waals surface area contributed by atoms with Crippen LogP contribution in [0, 0.1) is 5.92 Å². The van der Waals surface area contributed by atoms with Crippen molar-refractivity contribution in [1.82, 2.24) is 4.90 Å². The molecule has 0 bridgehead atoms. The Hall–Kier alpha value is -2.04. The number of aliphatic carboxylic acids is 1. The van der Waals surface area contributed by atoms with Gasteiger partial charge in [0.2, 0.25) is 5.91 Å². The van der Waals surface area contributed by atoms with E-state index in [9.17, 15) is 9.59 Å². The van der Waals surface area contributed by atoms with Crippen molar-refractivity contribution >= 4 is 11.9 Å². The monoisotopic (exact) mass is 333 g/mol. The van der Waals surface area contributed by atoms with E-state index in [0.717, 1.165) is 24.3 Å². The van der Waals surface area contributed by atoms with Crippen molar-refractivity contribution in [1.29, 1.82) is 0 Å². The summed E-state index contributed by atoms with van der Waals surface area (Å²) in [5.41, 5.74) is 1.10. The third kappa shape index (κ3) is 5.55. The average molecular weight is 333 g/mol. The largest absolute Gasteiger partial charge is 0.494 e. The number of carboxylic acid groups (broad SMARTS) is 1. The number of hydrogen-bond donors (Lipinski definition) is 1. The maximum atomic E-state index is 11.8. The number of likely N-dealkylation sites (tertiary alicyclic amines) is 1. The lowest BCUT2D eigenvalue weighted by atomic mass is 10.1. The van der Waals surface area contributed by atoms with E-state index in [4.69, 9.17) is 9.84 Å². The van der Waals surface area contributed by atoms with Gasteiger partial charge in [-0.3, -0.25) is 9.59 Å². The summed E-state index contributed by atoms with van der Waals surface area (Å²) in [7, 11) is 0. The number of carbonyl (C=O) groups is 2. The maximum Gasteiger partial charge on any atom is 0.308 e. The Morgan fingerprint density at radius 1 is 1.33 bits per heavy atom. The van der Waals surface area contributed by atoms with Crippen molar-refractivity contribution < 1.29 is 19.4 Å². The van der Waals surface area contributed by atoms with Gasteiger partial charge in [-0.25, -0.2) is 0 Å². The summed E-state index contributed by atoms with van der Waals surface area (Å²) in [6, 6.07) is 7.93. The summed E-state index contributed by atoms with van der Waals surface area (Å²) in [6.45, 7) is 3.80. The Bertz CT molecular complexity index is 558. The minimum absolute atomic E-state index is 0.0641. The number of carbonyl (C=O) groups excluding carboxylic acids is 1. The Morgan fingerprint density at radius 3 is 2.88 bits per heavy atom. The normalized spacial score (nSPS) is 17.3. The molecule has 1 atom stereocenters. The molecule has 1 fully saturated rings. The number of benzene rings is 1. The van der Waals surface area contributed by atoms with E-state index in [1.165, 1.54) is 19.3 Å². The van der Waals surface area contributed by atoms with Gasteiger partial charge >= 0.3 is 5.97 Å². The first-order valence-corrected chi connectivity index (χ1v) is 8.82. The second kappa shape index (κ2) is 9.30. The maximum absolute atomic E-state index is 11.8. The van der Waals surface area contributed by atoms with Gasteiger partial charge in [0, 0.05) is 19.5 Å². The fraction of sp³-hybridized carbons (Fsp3) is 0.579. The molecule has 1 aromatic carbocycles. The molecule has 1 saturated heterocycles. The Morgan fingerprint density at radius 2 is 2.17 bits per heavy atom. The highest BCUT2D eigenvalue weighted by Crippen LogP contribution is 2.19. The van der Waals surface area contributed by atoms with Crippen LogP contribution in [0.2, 0.25) is 0 Å². The van der Waals surface area contributed by atoms with E-state index in [-0.39, 0.29) is 12.3 Å². The SMILES string of the molecule is CCCCCCOc1cccc(CCN2CC(C(=O)O)CC2=O)c1. The van der Waals surface area contributed by atoms with Crippen LogP contribution < -0.4 is 4.74 Å². The van der Waals surface area contributed by atoms with Gasteiger partial charge in [0.25, 0.3) is 0 Å². The van der Waals surface area contributed by atoms with Gasteiger partial charge in [-0.05, 0) is 30.5 Å². The number of rotatable bonds is 10. The minimum Gasteiger partial charge on any atom is -0.494 e. The zero-order chi connectivity index (χ0) is 17.4. The molecule has 132 valence electrons. The van der Waals surface area contributed by atoms with E-state index >= 15 is 0 Å². The quantitative estimate of drug-likeness (QED) is 0.668. The molecule has 0 aromatic heterocycles. The molecule has 1 heterocycles. The van der Waals surface area contributed by atoms with Crippen molar-refractivity contribution in [3.05, 3.63) is 29.8 Å². The first-order chi connectivity index (χ1) is 11.6. The van der Waals surface area contributed by atoms with Crippen molar-refractivity contribution in [3.63, 3.8) is 0 Å². The first kappa shape index (κ1) is 18.3.